The maximum absolute atomic E-state index is 11.6. The van der Waals surface area contributed by atoms with Gasteiger partial charge in [0.15, 0.2) is 0 Å². The second-order valence-corrected chi connectivity index (χ2v) is 5.42. The minimum absolute atomic E-state index is 0.0801. The largest absolute Gasteiger partial charge is 0.477 e. The molecule has 6 heteroatoms. The van der Waals surface area contributed by atoms with Crippen LogP contribution in [0.2, 0.25) is 0 Å². The molecule has 0 atom stereocenters. The van der Waals surface area contributed by atoms with Gasteiger partial charge in [0.25, 0.3) is 0 Å². The number of methoxy groups -OCH3 is 1. The third kappa shape index (κ3) is 4.36. The Hall–Kier alpha value is -3.41. The van der Waals surface area contributed by atoms with E-state index in [1.165, 1.54) is 17.9 Å². The van der Waals surface area contributed by atoms with E-state index in [-0.39, 0.29) is 12.2 Å². The molecule has 0 aliphatic heterocycles. The molecule has 6 nitrogen and oxygen atoms in total. The van der Waals surface area contributed by atoms with E-state index in [0.29, 0.717) is 11.3 Å². The summed E-state index contributed by atoms with van der Waals surface area (Å²) >= 11 is 0. The molecule has 0 saturated heterocycles. The molecule has 1 aromatic heterocycles. The molecule has 0 saturated carbocycles. The summed E-state index contributed by atoms with van der Waals surface area (Å²) in [6, 6.07) is 8.28. The van der Waals surface area contributed by atoms with Crippen molar-refractivity contribution in [3.63, 3.8) is 0 Å². The molecule has 0 fully saturated rings. The van der Waals surface area contributed by atoms with E-state index in [9.17, 15) is 14.7 Å². The number of aromatic carboxylic acids is 1. The lowest BCUT2D eigenvalue weighted by Gasteiger charge is -2.06. The van der Waals surface area contributed by atoms with Crippen LogP contribution in [0.3, 0.4) is 0 Å². The lowest BCUT2D eigenvalue weighted by atomic mass is 10.1. The van der Waals surface area contributed by atoms with Crippen LogP contribution in [0.5, 0.6) is 0 Å². The van der Waals surface area contributed by atoms with Crippen molar-refractivity contribution >= 4 is 17.5 Å². The molecular weight excluding hydrogens is 332 g/mol. The van der Waals surface area contributed by atoms with Gasteiger partial charge in [-0.05, 0) is 30.7 Å². The van der Waals surface area contributed by atoms with E-state index >= 15 is 0 Å². The van der Waals surface area contributed by atoms with Gasteiger partial charge in [0.1, 0.15) is 5.69 Å². The molecule has 0 aliphatic carbocycles. The number of carbonyl (C=O) groups excluding carboxylic acids is 1. The molecule has 26 heavy (non-hydrogen) atoms. The Balaban J connectivity index is 2.36. The monoisotopic (exact) mass is 352 g/mol. The number of ether oxygens (including phenoxy) is 1. The van der Waals surface area contributed by atoms with Crippen LogP contribution in [-0.2, 0) is 11.3 Å². The van der Waals surface area contributed by atoms with Gasteiger partial charge < -0.3 is 9.84 Å². The number of carboxylic acids is 1. The Labute approximate surface area is 151 Å². The normalized spacial score (nSPS) is 11.5. The van der Waals surface area contributed by atoms with Gasteiger partial charge in [-0.3, -0.25) is 4.68 Å². The Kier molecular flexibility index (Phi) is 6.27. The Morgan fingerprint density at radius 2 is 2.00 bits per heavy atom. The minimum Gasteiger partial charge on any atom is -0.477 e. The molecule has 0 radical (unpaired) electrons. The second kappa shape index (κ2) is 8.62. The van der Waals surface area contributed by atoms with Crippen LogP contribution in [0.15, 0.2) is 61.2 Å². The number of carboxylic acid groups (broad SMARTS) is 1. The number of carbonyl (C=O) groups is 2. The first-order valence-electron chi connectivity index (χ1n) is 7.94. The number of rotatable bonds is 7. The number of hydrogen-bond donors (Lipinski definition) is 1. The summed E-state index contributed by atoms with van der Waals surface area (Å²) in [6.45, 7) is 5.80. The zero-order valence-corrected chi connectivity index (χ0v) is 14.7. The van der Waals surface area contributed by atoms with Crippen molar-refractivity contribution in [3.8, 4) is 0 Å². The fourth-order valence-electron chi connectivity index (χ4n) is 2.42. The Morgan fingerprint density at radius 3 is 2.54 bits per heavy atom. The van der Waals surface area contributed by atoms with Crippen LogP contribution in [0.1, 0.15) is 39.0 Å². The van der Waals surface area contributed by atoms with E-state index < -0.39 is 11.9 Å². The van der Waals surface area contributed by atoms with Gasteiger partial charge in [-0.25, -0.2) is 9.59 Å². The van der Waals surface area contributed by atoms with Crippen LogP contribution in [0.25, 0.3) is 5.57 Å². The fourth-order valence-corrected chi connectivity index (χ4v) is 2.42. The van der Waals surface area contributed by atoms with Crippen LogP contribution >= 0.6 is 0 Å². The smallest absolute Gasteiger partial charge is 0.354 e. The molecule has 0 bridgehead atoms. The zero-order valence-electron chi connectivity index (χ0n) is 14.7. The van der Waals surface area contributed by atoms with Gasteiger partial charge in [-0.15, -0.1) is 0 Å². The fraction of sp³-hybridized carbons (Fsp3) is 0.150. The van der Waals surface area contributed by atoms with Crippen molar-refractivity contribution in [2.24, 2.45) is 0 Å². The van der Waals surface area contributed by atoms with Gasteiger partial charge in [0, 0.05) is 5.57 Å². The summed E-state index contributed by atoms with van der Waals surface area (Å²) in [6.07, 6.45) is 7.08. The predicted octanol–water partition coefficient (Wildman–Crippen LogP) is 3.56. The SMILES string of the molecule is C=C/C=C(\C=C/C)c1cc(C(=O)O)n(Cc2ccc(C(=O)OC)cc2)n1. The van der Waals surface area contributed by atoms with E-state index in [1.54, 1.807) is 36.4 Å². The van der Waals surface area contributed by atoms with Crippen molar-refractivity contribution in [2.75, 3.05) is 7.11 Å². The number of allylic oxidation sites excluding steroid dienone is 5. The molecule has 1 aromatic carbocycles. The number of hydrogen-bond acceptors (Lipinski definition) is 4. The second-order valence-electron chi connectivity index (χ2n) is 5.42. The molecule has 0 unspecified atom stereocenters. The third-order valence-corrected chi connectivity index (χ3v) is 3.65. The number of esters is 1. The Bertz CT molecular complexity index is 874. The van der Waals surface area contributed by atoms with Crippen molar-refractivity contribution < 1.29 is 19.4 Å². The van der Waals surface area contributed by atoms with Crippen molar-refractivity contribution in [3.05, 3.63) is 83.7 Å². The summed E-state index contributed by atoms with van der Waals surface area (Å²) in [5, 5.41) is 13.9. The lowest BCUT2D eigenvalue weighted by molar-refractivity contribution is 0.0599. The molecule has 1 N–H and O–H groups in total. The summed E-state index contributed by atoms with van der Waals surface area (Å²) < 4.78 is 6.09. The Morgan fingerprint density at radius 1 is 1.31 bits per heavy atom. The van der Waals surface area contributed by atoms with Gasteiger partial charge in [0.2, 0.25) is 0 Å². The third-order valence-electron chi connectivity index (χ3n) is 3.65. The first kappa shape index (κ1) is 18.9. The first-order chi connectivity index (χ1) is 12.5. The van der Waals surface area contributed by atoms with Crippen molar-refractivity contribution in [2.45, 2.75) is 13.5 Å². The quantitative estimate of drug-likeness (QED) is 0.609. The molecule has 1 heterocycles. The summed E-state index contributed by atoms with van der Waals surface area (Å²) in [5.41, 5.74) is 2.64. The van der Waals surface area contributed by atoms with E-state index in [1.807, 2.05) is 19.1 Å². The van der Waals surface area contributed by atoms with E-state index in [4.69, 9.17) is 0 Å². The average molecular weight is 352 g/mol. The summed E-state index contributed by atoms with van der Waals surface area (Å²) in [7, 11) is 1.32. The zero-order chi connectivity index (χ0) is 19.1. The van der Waals surface area contributed by atoms with Gasteiger partial charge in [-0.1, -0.05) is 43.0 Å². The van der Waals surface area contributed by atoms with Gasteiger partial charge in [-0.2, -0.15) is 5.10 Å². The summed E-state index contributed by atoms with van der Waals surface area (Å²) in [4.78, 5) is 23.1. The number of aromatic nitrogens is 2. The summed E-state index contributed by atoms with van der Waals surface area (Å²) in [5.74, 6) is -1.48. The maximum Gasteiger partial charge on any atom is 0.354 e. The molecule has 2 aromatic rings. The molecular formula is C20H20N2O4. The topological polar surface area (TPSA) is 81.4 Å². The van der Waals surface area contributed by atoms with E-state index in [0.717, 1.165) is 11.1 Å². The number of nitrogens with zero attached hydrogens (tertiary/aromatic N) is 2. The first-order valence-corrected chi connectivity index (χ1v) is 7.94. The average Bonchev–Trinajstić information content (AvgIpc) is 3.05. The predicted molar refractivity (Wildman–Crippen MR) is 99.1 cm³/mol. The highest BCUT2D eigenvalue weighted by Gasteiger charge is 2.16. The van der Waals surface area contributed by atoms with Crippen molar-refractivity contribution in [1.82, 2.24) is 9.78 Å². The molecule has 0 amide bonds. The molecule has 0 spiro atoms. The standard InChI is InChI=1S/C20H20N2O4/c1-4-6-15(7-5-2)17-12-18(19(23)24)22(21-17)13-14-8-10-16(11-9-14)20(25)26-3/h4-12H,1,13H2,2-3H3,(H,23,24)/b7-5-,15-6+. The molecule has 0 aliphatic rings. The number of benzene rings is 1. The lowest BCUT2D eigenvalue weighted by Crippen LogP contribution is -2.11. The van der Waals surface area contributed by atoms with Crippen LogP contribution in [-0.4, -0.2) is 33.9 Å². The van der Waals surface area contributed by atoms with Crippen LogP contribution in [0, 0.1) is 0 Å². The van der Waals surface area contributed by atoms with Gasteiger partial charge in [0.05, 0.1) is 24.9 Å². The molecule has 134 valence electrons. The minimum atomic E-state index is -1.06. The van der Waals surface area contributed by atoms with Crippen LogP contribution in [0.4, 0.5) is 0 Å². The van der Waals surface area contributed by atoms with Gasteiger partial charge >= 0.3 is 11.9 Å². The van der Waals surface area contributed by atoms with Crippen LogP contribution < -0.4 is 0 Å². The highest BCUT2D eigenvalue weighted by atomic mass is 16.5. The highest BCUT2D eigenvalue weighted by Crippen LogP contribution is 2.18. The highest BCUT2D eigenvalue weighted by molar-refractivity contribution is 5.89. The van der Waals surface area contributed by atoms with Crippen molar-refractivity contribution in [1.29, 1.82) is 0 Å². The maximum atomic E-state index is 11.6. The van der Waals surface area contributed by atoms with E-state index in [2.05, 4.69) is 16.4 Å². The molecule has 2 rings (SSSR count).